The summed E-state index contributed by atoms with van der Waals surface area (Å²) in [5.74, 6) is -0.339. The van der Waals surface area contributed by atoms with E-state index < -0.39 is 0 Å². The highest BCUT2D eigenvalue weighted by atomic mass is 16.5. The molecule has 0 aromatic heterocycles. The van der Waals surface area contributed by atoms with Gasteiger partial charge < -0.3 is 9.47 Å². The van der Waals surface area contributed by atoms with E-state index in [1.165, 1.54) is 47.6 Å². The summed E-state index contributed by atoms with van der Waals surface area (Å²) in [5, 5.41) is 0. The van der Waals surface area contributed by atoms with E-state index in [1.54, 1.807) is 0 Å². The highest BCUT2D eigenvalue weighted by molar-refractivity contribution is 5.78. The molecule has 0 N–H and O–H groups in total. The van der Waals surface area contributed by atoms with Crippen molar-refractivity contribution in [3.8, 4) is 11.1 Å². The van der Waals surface area contributed by atoms with Crippen LogP contribution in [0, 0.1) is 0 Å². The van der Waals surface area contributed by atoms with Crippen LogP contribution in [0.25, 0.3) is 11.1 Å². The number of methoxy groups -OCH3 is 2. The number of aryl methyl sites for hydroxylation is 1. The number of esters is 2. The predicted molar refractivity (Wildman–Crippen MR) is 105 cm³/mol. The number of hydrogen-bond acceptors (Lipinski definition) is 4. The van der Waals surface area contributed by atoms with E-state index in [1.807, 2.05) is 0 Å². The second-order valence-corrected chi connectivity index (χ2v) is 6.92. The molecule has 0 saturated carbocycles. The minimum atomic E-state index is -0.171. The SMILES string of the molecule is COC(=O)CCCc1ccc2c(c1CCCC(=O)OC)Cc1ccccc1-2. The van der Waals surface area contributed by atoms with Crippen LogP contribution in [0.3, 0.4) is 0 Å². The van der Waals surface area contributed by atoms with Gasteiger partial charge in [-0.1, -0.05) is 36.4 Å². The molecule has 0 heterocycles. The van der Waals surface area contributed by atoms with Crippen LogP contribution >= 0.6 is 0 Å². The lowest BCUT2D eigenvalue weighted by molar-refractivity contribution is -0.141. The molecule has 0 bridgehead atoms. The number of carbonyl (C=O) groups is 2. The normalized spacial score (nSPS) is 11.6. The van der Waals surface area contributed by atoms with E-state index in [0.717, 1.165) is 32.1 Å². The highest BCUT2D eigenvalue weighted by Gasteiger charge is 2.22. The van der Waals surface area contributed by atoms with Gasteiger partial charge in [0.25, 0.3) is 0 Å². The van der Waals surface area contributed by atoms with Gasteiger partial charge >= 0.3 is 11.9 Å². The van der Waals surface area contributed by atoms with Crippen molar-refractivity contribution in [3.05, 3.63) is 58.7 Å². The zero-order valence-electron chi connectivity index (χ0n) is 16.0. The van der Waals surface area contributed by atoms with Crippen LogP contribution in [0.5, 0.6) is 0 Å². The van der Waals surface area contributed by atoms with Gasteiger partial charge in [0, 0.05) is 12.8 Å². The average Bonchev–Trinajstić information content (AvgIpc) is 3.07. The minimum absolute atomic E-state index is 0.168. The highest BCUT2D eigenvalue weighted by Crippen LogP contribution is 2.40. The topological polar surface area (TPSA) is 52.6 Å². The van der Waals surface area contributed by atoms with Gasteiger partial charge in [-0.05, 0) is 65.5 Å². The fourth-order valence-corrected chi connectivity index (χ4v) is 3.91. The lowest BCUT2D eigenvalue weighted by atomic mass is 9.90. The number of carbonyl (C=O) groups excluding carboxylic acids is 2. The Morgan fingerprint density at radius 1 is 0.852 bits per heavy atom. The quantitative estimate of drug-likeness (QED) is 0.559. The molecule has 3 rings (SSSR count). The fraction of sp³-hybridized carbons (Fsp3) is 0.391. The van der Waals surface area contributed by atoms with Crippen LogP contribution in [0.4, 0.5) is 0 Å². The Labute approximate surface area is 160 Å². The number of rotatable bonds is 8. The third-order valence-corrected chi connectivity index (χ3v) is 5.29. The van der Waals surface area contributed by atoms with Gasteiger partial charge in [0.15, 0.2) is 0 Å². The summed E-state index contributed by atoms with van der Waals surface area (Å²) in [4.78, 5) is 22.9. The molecule has 0 aliphatic heterocycles. The van der Waals surface area contributed by atoms with Crippen molar-refractivity contribution in [1.82, 2.24) is 0 Å². The first kappa shape index (κ1) is 19.2. The van der Waals surface area contributed by atoms with Crippen LogP contribution < -0.4 is 0 Å². The molecular formula is C23H26O4. The molecule has 0 radical (unpaired) electrons. The molecule has 0 saturated heterocycles. The van der Waals surface area contributed by atoms with Crippen molar-refractivity contribution in [3.63, 3.8) is 0 Å². The van der Waals surface area contributed by atoms with Crippen molar-refractivity contribution < 1.29 is 19.1 Å². The Balaban J connectivity index is 1.83. The zero-order valence-corrected chi connectivity index (χ0v) is 16.0. The lowest BCUT2D eigenvalue weighted by Crippen LogP contribution is -2.06. The van der Waals surface area contributed by atoms with Gasteiger partial charge in [-0.15, -0.1) is 0 Å². The first-order valence-electron chi connectivity index (χ1n) is 9.49. The van der Waals surface area contributed by atoms with Gasteiger partial charge in [0.2, 0.25) is 0 Å². The molecule has 2 aromatic rings. The summed E-state index contributed by atoms with van der Waals surface area (Å²) in [5.41, 5.74) is 7.94. The molecule has 0 spiro atoms. The molecule has 27 heavy (non-hydrogen) atoms. The van der Waals surface area contributed by atoms with Crippen molar-refractivity contribution in [2.75, 3.05) is 14.2 Å². The molecular weight excluding hydrogens is 340 g/mol. The van der Waals surface area contributed by atoms with Gasteiger partial charge in [-0.2, -0.15) is 0 Å². The van der Waals surface area contributed by atoms with Gasteiger partial charge in [-0.25, -0.2) is 0 Å². The summed E-state index contributed by atoms with van der Waals surface area (Å²) in [6, 6.07) is 12.9. The Kier molecular flexibility index (Phi) is 6.28. The van der Waals surface area contributed by atoms with Crippen LogP contribution in [0.1, 0.15) is 47.9 Å². The van der Waals surface area contributed by atoms with E-state index in [-0.39, 0.29) is 11.9 Å². The Morgan fingerprint density at radius 2 is 1.52 bits per heavy atom. The van der Waals surface area contributed by atoms with Crippen LogP contribution in [-0.2, 0) is 38.3 Å². The maximum absolute atomic E-state index is 11.5. The van der Waals surface area contributed by atoms with Crippen molar-refractivity contribution in [2.45, 2.75) is 44.9 Å². The van der Waals surface area contributed by atoms with E-state index >= 15 is 0 Å². The monoisotopic (exact) mass is 366 g/mol. The van der Waals surface area contributed by atoms with E-state index in [4.69, 9.17) is 9.47 Å². The molecule has 4 heteroatoms. The van der Waals surface area contributed by atoms with Crippen molar-refractivity contribution in [1.29, 1.82) is 0 Å². The minimum Gasteiger partial charge on any atom is -0.469 e. The summed E-state index contributed by atoms with van der Waals surface area (Å²) in [6.07, 6.45) is 5.01. The third-order valence-electron chi connectivity index (χ3n) is 5.29. The largest absolute Gasteiger partial charge is 0.469 e. The third kappa shape index (κ3) is 4.38. The van der Waals surface area contributed by atoms with Gasteiger partial charge in [0.1, 0.15) is 0 Å². The summed E-state index contributed by atoms with van der Waals surface area (Å²) < 4.78 is 9.52. The molecule has 2 aromatic carbocycles. The maximum atomic E-state index is 11.5. The second kappa shape index (κ2) is 8.85. The smallest absolute Gasteiger partial charge is 0.305 e. The molecule has 4 nitrogen and oxygen atoms in total. The average molecular weight is 366 g/mol. The number of hydrogen-bond donors (Lipinski definition) is 0. The molecule has 0 atom stereocenters. The van der Waals surface area contributed by atoms with E-state index in [0.29, 0.717) is 12.8 Å². The number of ether oxygens (including phenoxy) is 2. The van der Waals surface area contributed by atoms with Crippen molar-refractivity contribution in [2.24, 2.45) is 0 Å². The predicted octanol–water partition coefficient (Wildman–Crippen LogP) is 4.25. The number of benzene rings is 2. The molecule has 1 aliphatic rings. The van der Waals surface area contributed by atoms with Crippen LogP contribution in [0.2, 0.25) is 0 Å². The molecule has 1 aliphatic carbocycles. The standard InChI is InChI=1S/C23H26O4/c1-26-22(24)11-5-8-16-13-14-20-19-9-4-3-7-17(19)15-21(20)18(16)10-6-12-23(25)27-2/h3-4,7,9,13-14H,5-6,8,10-12,15H2,1-2H3. The summed E-state index contributed by atoms with van der Waals surface area (Å²) >= 11 is 0. The van der Waals surface area contributed by atoms with Gasteiger partial charge in [0.05, 0.1) is 14.2 Å². The zero-order chi connectivity index (χ0) is 19.2. The molecule has 0 fully saturated rings. The Hall–Kier alpha value is -2.62. The Morgan fingerprint density at radius 3 is 2.22 bits per heavy atom. The van der Waals surface area contributed by atoms with Crippen LogP contribution in [0.15, 0.2) is 36.4 Å². The van der Waals surface area contributed by atoms with Crippen LogP contribution in [-0.4, -0.2) is 26.2 Å². The van der Waals surface area contributed by atoms with E-state index in [9.17, 15) is 9.59 Å². The molecule has 0 unspecified atom stereocenters. The maximum Gasteiger partial charge on any atom is 0.305 e. The summed E-state index contributed by atoms with van der Waals surface area (Å²) in [7, 11) is 2.85. The Bertz CT molecular complexity index is 838. The summed E-state index contributed by atoms with van der Waals surface area (Å²) in [6.45, 7) is 0. The van der Waals surface area contributed by atoms with E-state index in [2.05, 4.69) is 36.4 Å². The first-order chi connectivity index (χ1) is 13.1. The lowest BCUT2D eigenvalue weighted by Gasteiger charge is -2.15. The molecule has 0 amide bonds. The number of fused-ring (bicyclic) bond motifs is 3. The van der Waals surface area contributed by atoms with Gasteiger partial charge in [-0.3, -0.25) is 9.59 Å². The first-order valence-corrected chi connectivity index (χ1v) is 9.49. The molecule has 142 valence electrons. The fourth-order valence-electron chi connectivity index (χ4n) is 3.91. The van der Waals surface area contributed by atoms with Crippen molar-refractivity contribution >= 4 is 11.9 Å². The second-order valence-electron chi connectivity index (χ2n) is 6.92.